The molecule has 0 fully saturated rings. The minimum absolute atomic E-state index is 0.00866. The molecular formula is C9H16N4O3. The first-order valence-electron chi connectivity index (χ1n) is 4.91. The maximum atomic E-state index is 10.9. The van der Waals surface area contributed by atoms with Gasteiger partial charge in [-0.3, -0.25) is 10.1 Å². The summed E-state index contributed by atoms with van der Waals surface area (Å²) in [5.41, 5.74) is 0.366. The Morgan fingerprint density at radius 3 is 2.69 bits per heavy atom. The Balaban J connectivity index is 3.16. The second-order valence-corrected chi connectivity index (χ2v) is 3.87. The summed E-state index contributed by atoms with van der Waals surface area (Å²) in [7, 11) is 3.34. The number of likely N-dealkylation sites (N-methyl/N-ethyl adjacent to an activating group) is 1. The molecule has 0 aliphatic rings. The van der Waals surface area contributed by atoms with Gasteiger partial charge in [-0.05, 0) is 13.8 Å². The molecule has 1 aromatic rings. The largest absolute Gasteiger partial charge is 0.392 e. The molecule has 90 valence electrons. The normalized spacial score (nSPS) is 12.6. The molecule has 0 aliphatic heterocycles. The van der Waals surface area contributed by atoms with Gasteiger partial charge in [-0.1, -0.05) is 0 Å². The summed E-state index contributed by atoms with van der Waals surface area (Å²) < 4.78 is 1.45. The minimum Gasteiger partial charge on any atom is -0.392 e. The van der Waals surface area contributed by atoms with Crippen molar-refractivity contribution in [2.75, 3.05) is 18.5 Å². The van der Waals surface area contributed by atoms with Gasteiger partial charge in [-0.15, -0.1) is 0 Å². The third kappa shape index (κ3) is 2.30. The van der Waals surface area contributed by atoms with Crippen LogP contribution in [0, 0.1) is 17.0 Å². The fraction of sp³-hybridized carbons (Fsp3) is 0.667. The molecular weight excluding hydrogens is 212 g/mol. The van der Waals surface area contributed by atoms with E-state index in [9.17, 15) is 15.2 Å². The van der Waals surface area contributed by atoms with Gasteiger partial charge in [0.15, 0.2) is 0 Å². The van der Waals surface area contributed by atoms with E-state index in [0.717, 1.165) is 0 Å². The van der Waals surface area contributed by atoms with Crippen LogP contribution < -0.4 is 4.90 Å². The lowest BCUT2D eigenvalue weighted by molar-refractivity contribution is -0.384. The molecule has 0 bridgehead atoms. The zero-order valence-corrected chi connectivity index (χ0v) is 9.84. The van der Waals surface area contributed by atoms with E-state index in [0.29, 0.717) is 18.1 Å². The van der Waals surface area contributed by atoms with Crippen LogP contribution in [0.1, 0.15) is 12.6 Å². The highest BCUT2D eigenvalue weighted by Gasteiger charge is 2.26. The number of nitro groups is 1. The van der Waals surface area contributed by atoms with Crippen LogP contribution in [-0.4, -0.2) is 39.5 Å². The number of hydrogen-bond acceptors (Lipinski definition) is 5. The van der Waals surface area contributed by atoms with E-state index in [2.05, 4.69) is 5.10 Å². The summed E-state index contributed by atoms with van der Waals surface area (Å²) >= 11 is 0. The van der Waals surface area contributed by atoms with Gasteiger partial charge in [0, 0.05) is 20.6 Å². The van der Waals surface area contributed by atoms with E-state index in [4.69, 9.17) is 0 Å². The number of anilines is 1. The van der Waals surface area contributed by atoms with Gasteiger partial charge in [0.25, 0.3) is 0 Å². The van der Waals surface area contributed by atoms with Gasteiger partial charge in [-0.2, -0.15) is 5.10 Å². The monoisotopic (exact) mass is 228 g/mol. The summed E-state index contributed by atoms with van der Waals surface area (Å²) in [6.45, 7) is 3.54. The molecule has 1 unspecified atom stereocenters. The highest BCUT2D eigenvalue weighted by molar-refractivity contribution is 5.60. The summed E-state index contributed by atoms with van der Waals surface area (Å²) in [6, 6.07) is 0. The van der Waals surface area contributed by atoms with Crippen LogP contribution in [0.25, 0.3) is 0 Å². The molecule has 0 aliphatic carbocycles. The molecule has 0 spiro atoms. The summed E-state index contributed by atoms with van der Waals surface area (Å²) in [5, 5.41) is 24.2. The molecule has 1 aromatic heterocycles. The lowest BCUT2D eigenvalue weighted by atomic mass is 10.3. The highest BCUT2D eigenvalue weighted by atomic mass is 16.6. The van der Waals surface area contributed by atoms with Crippen molar-refractivity contribution >= 4 is 11.5 Å². The van der Waals surface area contributed by atoms with E-state index in [-0.39, 0.29) is 5.69 Å². The van der Waals surface area contributed by atoms with Crippen LogP contribution >= 0.6 is 0 Å². The Hall–Kier alpha value is -1.63. The number of hydrogen-bond donors (Lipinski definition) is 1. The van der Waals surface area contributed by atoms with Gasteiger partial charge in [0.1, 0.15) is 5.69 Å². The Bertz CT molecular complexity index is 400. The molecule has 0 amide bonds. The Morgan fingerprint density at radius 2 is 2.25 bits per heavy atom. The van der Waals surface area contributed by atoms with Crippen molar-refractivity contribution in [1.82, 2.24) is 9.78 Å². The van der Waals surface area contributed by atoms with Gasteiger partial charge in [-0.25, -0.2) is 4.68 Å². The van der Waals surface area contributed by atoms with Gasteiger partial charge >= 0.3 is 5.69 Å². The average molecular weight is 228 g/mol. The molecule has 0 aromatic carbocycles. The second-order valence-electron chi connectivity index (χ2n) is 3.87. The molecule has 1 heterocycles. The SMILES string of the molecule is Cc1nn(C)c(N(C)CC(C)O)c1[N+](=O)[O-]. The number of aliphatic hydroxyl groups excluding tert-OH is 1. The molecule has 0 saturated heterocycles. The molecule has 1 N–H and O–H groups in total. The minimum atomic E-state index is -0.556. The third-order valence-electron chi connectivity index (χ3n) is 2.24. The number of aryl methyl sites for hydroxylation is 2. The molecule has 7 nitrogen and oxygen atoms in total. The predicted octanol–water partition coefficient (Wildman–Crippen LogP) is 0.454. The zero-order chi connectivity index (χ0) is 12.5. The summed E-state index contributed by atoms with van der Waals surface area (Å²) in [4.78, 5) is 12.1. The van der Waals surface area contributed by atoms with E-state index in [1.165, 1.54) is 4.68 Å². The van der Waals surface area contributed by atoms with Gasteiger partial charge in [0.2, 0.25) is 5.82 Å². The lowest BCUT2D eigenvalue weighted by Crippen LogP contribution is -2.29. The van der Waals surface area contributed by atoms with Crippen molar-refractivity contribution in [3.05, 3.63) is 15.8 Å². The average Bonchev–Trinajstić information content (AvgIpc) is 2.39. The van der Waals surface area contributed by atoms with Crippen molar-refractivity contribution in [1.29, 1.82) is 0 Å². The van der Waals surface area contributed by atoms with Crippen molar-refractivity contribution in [2.45, 2.75) is 20.0 Å². The fourth-order valence-electron chi connectivity index (χ4n) is 1.76. The lowest BCUT2D eigenvalue weighted by Gasteiger charge is -2.19. The van der Waals surface area contributed by atoms with E-state index >= 15 is 0 Å². The van der Waals surface area contributed by atoms with Crippen molar-refractivity contribution in [3.63, 3.8) is 0 Å². The van der Waals surface area contributed by atoms with Crippen LogP contribution in [0.4, 0.5) is 11.5 Å². The topological polar surface area (TPSA) is 84.4 Å². The van der Waals surface area contributed by atoms with E-state index in [1.807, 2.05) is 0 Å². The molecule has 0 saturated carbocycles. The number of rotatable bonds is 4. The third-order valence-corrected chi connectivity index (χ3v) is 2.24. The first-order chi connectivity index (χ1) is 7.34. The van der Waals surface area contributed by atoms with Crippen LogP contribution in [0.15, 0.2) is 0 Å². The van der Waals surface area contributed by atoms with E-state index in [1.54, 1.807) is 32.8 Å². The highest BCUT2D eigenvalue weighted by Crippen LogP contribution is 2.29. The first-order valence-corrected chi connectivity index (χ1v) is 4.91. The zero-order valence-electron chi connectivity index (χ0n) is 9.84. The summed E-state index contributed by atoms with van der Waals surface area (Å²) in [5.74, 6) is 0.406. The molecule has 1 atom stereocenters. The molecule has 16 heavy (non-hydrogen) atoms. The van der Waals surface area contributed by atoms with Gasteiger partial charge < -0.3 is 10.0 Å². The predicted molar refractivity (Wildman–Crippen MR) is 59.6 cm³/mol. The van der Waals surface area contributed by atoms with Gasteiger partial charge in [0.05, 0.1) is 11.0 Å². The maximum Gasteiger partial charge on any atom is 0.333 e. The number of aliphatic hydroxyl groups is 1. The molecule has 7 heteroatoms. The van der Waals surface area contributed by atoms with Crippen molar-refractivity contribution in [2.24, 2.45) is 7.05 Å². The van der Waals surface area contributed by atoms with Crippen molar-refractivity contribution in [3.8, 4) is 0 Å². The standard InChI is InChI=1S/C9H16N4O3/c1-6(14)5-11(3)9-8(13(15)16)7(2)10-12(9)4/h6,14H,5H2,1-4H3. The first kappa shape index (κ1) is 12.4. The van der Waals surface area contributed by atoms with E-state index < -0.39 is 11.0 Å². The second kappa shape index (κ2) is 4.48. The maximum absolute atomic E-state index is 10.9. The number of nitrogens with zero attached hydrogens (tertiary/aromatic N) is 4. The van der Waals surface area contributed by atoms with Crippen LogP contribution in [0.2, 0.25) is 0 Å². The fourth-order valence-corrected chi connectivity index (χ4v) is 1.76. The Morgan fingerprint density at radius 1 is 1.69 bits per heavy atom. The number of aromatic nitrogens is 2. The smallest absolute Gasteiger partial charge is 0.333 e. The molecule has 0 radical (unpaired) electrons. The Kier molecular flexibility index (Phi) is 3.48. The summed E-state index contributed by atoms with van der Waals surface area (Å²) in [6.07, 6.45) is -0.556. The quantitative estimate of drug-likeness (QED) is 0.597. The molecule has 1 rings (SSSR count). The van der Waals surface area contributed by atoms with Crippen molar-refractivity contribution < 1.29 is 10.0 Å². The van der Waals surface area contributed by atoms with Crippen LogP contribution in [-0.2, 0) is 7.05 Å². The Labute approximate surface area is 93.4 Å². The van der Waals surface area contributed by atoms with Crippen LogP contribution in [0.3, 0.4) is 0 Å². The van der Waals surface area contributed by atoms with Crippen LogP contribution in [0.5, 0.6) is 0 Å².